The number of amides is 1. The molecule has 3 nitrogen and oxygen atoms in total. The van der Waals surface area contributed by atoms with E-state index in [9.17, 15) is 4.79 Å². The van der Waals surface area contributed by atoms with Crippen molar-refractivity contribution in [1.29, 1.82) is 0 Å². The van der Waals surface area contributed by atoms with Gasteiger partial charge in [0.1, 0.15) is 6.04 Å². The second-order valence-corrected chi connectivity index (χ2v) is 4.86. The van der Waals surface area contributed by atoms with Gasteiger partial charge in [-0.05, 0) is 30.0 Å². The summed E-state index contributed by atoms with van der Waals surface area (Å²) >= 11 is 0. The zero-order valence-electron chi connectivity index (χ0n) is 11.7. The number of aryl methyl sites for hydroxylation is 1. The van der Waals surface area contributed by atoms with Crippen molar-refractivity contribution in [3.63, 3.8) is 0 Å². The Hall–Kier alpha value is -2.13. The smallest absolute Gasteiger partial charge is 0.241 e. The third-order valence-corrected chi connectivity index (χ3v) is 3.40. The number of nitrogens with two attached hydrogens (primary N) is 1. The molecule has 104 valence electrons. The molecule has 2 rings (SSSR count). The van der Waals surface area contributed by atoms with Gasteiger partial charge in [0.25, 0.3) is 0 Å². The highest BCUT2D eigenvalue weighted by molar-refractivity contribution is 5.82. The minimum Gasteiger partial charge on any atom is -0.354 e. The van der Waals surface area contributed by atoms with Crippen molar-refractivity contribution in [2.24, 2.45) is 5.73 Å². The molecule has 0 aliphatic carbocycles. The van der Waals surface area contributed by atoms with Crippen LogP contribution in [0.2, 0.25) is 0 Å². The lowest BCUT2D eigenvalue weighted by Crippen LogP contribution is -2.35. The monoisotopic (exact) mass is 268 g/mol. The van der Waals surface area contributed by atoms with Crippen molar-refractivity contribution < 1.29 is 4.79 Å². The number of hydrogen-bond donors (Lipinski definition) is 2. The molecule has 2 aromatic rings. The Morgan fingerprint density at radius 1 is 1.10 bits per heavy atom. The molecule has 0 fully saturated rings. The number of nitrogens with one attached hydrogen (secondary N) is 1. The van der Waals surface area contributed by atoms with Crippen LogP contribution in [0.25, 0.3) is 0 Å². The Morgan fingerprint density at radius 3 is 2.45 bits per heavy atom. The van der Waals surface area contributed by atoms with Gasteiger partial charge in [0.2, 0.25) is 5.91 Å². The molecule has 2 aromatic carbocycles. The number of hydrogen-bond acceptors (Lipinski definition) is 2. The molecule has 0 spiro atoms. The number of carbonyl (C=O) groups is 1. The van der Waals surface area contributed by atoms with E-state index in [1.54, 1.807) is 0 Å². The molecule has 20 heavy (non-hydrogen) atoms. The van der Waals surface area contributed by atoms with Crippen molar-refractivity contribution in [3.8, 4) is 0 Å². The van der Waals surface area contributed by atoms with Crippen molar-refractivity contribution in [2.75, 3.05) is 6.54 Å². The molecule has 0 aliphatic heterocycles. The van der Waals surface area contributed by atoms with Gasteiger partial charge < -0.3 is 11.1 Å². The minimum absolute atomic E-state index is 0.134. The molecule has 1 amide bonds. The Labute approximate surface area is 119 Å². The molecule has 0 radical (unpaired) electrons. The lowest BCUT2D eigenvalue weighted by molar-refractivity contribution is -0.122. The predicted molar refractivity (Wildman–Crippen MR) is 81.3 cm³/mol. The fourth-order valence-corrected chi connectivity index (χ4v) is 2.13. The van der Waals surface area contributed by atoms with Crippen LogP contribution < -0.4 is 11.1 Å². The van der Waals surface area contributed by atoms with Gasteiger partial charge in [-0.1, -0.05) is 54.6 Å². The second-order valence-electron chi connectivity index (χ2n) is 4.86. The van der Waals surface area contributed by atoms with Crippen LogP contribution in [0.5, 0.6) is 0 Å². The van der Waals surface area contributed by atoms with Crippen LogP contribution in [0.4, 0.5) is 0 Å². The van der Waals surface area contributed by atoms with E-state index in [-0.39, 0.29) is 5.91 Å². The summed E-state index contributed by atoms with van der Waals surface area (Å²) in [5.74, 6) is -0.134. The summed E-state index contributed by atoms with van der Waals surface area (Å²) in [6.45, 7) is 2.68. The van der Waals surface area contributed by atoms with Gasteiger partial charge in [0.15, 0.2) is 0 Å². The second kappa shape index (κ2) is 6.87. The topological polar surface area (TPSA) is 55.1 Å². The van der Waals surface area contributed by atoms with E-state index in [1.807, 2.05) is 42.5 Å². The van der Waals surface area contributed by atoms with E-state index in [0.29, 0.717) is 6.54 Å². The minimum atomic E-state index is -0.604. The molecule has 1 atom stereocenters. The summed E-state index contributed by atoms with van der Waals surface area (Å²) in [5.41, 5.74) is 9.27. The van der Waals surface area contributed by atoms with Gasteiger partial charge in [-0.25, -0.2) is 0 Å². The van der Waals surface area contributed by atoms with Crippen LogP contribution >= 0.6 is 0 Å². The summed E-state index contributed by atoms with van der Waals surface area (Å²) in [6, 6.07) is 17.0. The molecule has 0 saturated heterocycles. The largest absolute Gasteiger partial charge is 0.354 e. The zero-order valence-corrected chi connectivity index (χ0v) is 11.7. The molecule has 3 N–H and O–H groups in total. The van der Waals surface area contributed by atoms with Crippen molar-refractivity contribution >= 4 is 5.91 Å². The van der Waals surface area contributed by atoms with Gasteiger partial charge in [0.05, 0.1) is 0 Å². The standard InChI is InChI=1S/C17H20N2O/c1-13-7-5-6-8-14(13)11-12-19-17(20)16(18)15-9-3-2-4-10-15/h2-10,16H,11-12,18H2,1H3,(H,19,20)/t16-/m0/s1. The van der Waals surface area contributed by atoms with E-state index < -0.39 is 6.04 Å². The van der Waals surface area contributed by atoms with E-state index >= 15 is 0 Å². The van der Waals surface area contributed by atoms with E-state index in [4.69, 9.17) is 5.73 Å². The fourth-order valence-electron chi connectivity index (χ4n) is 2.13. The van der Waals surface area contributed by atoms with Crippen LogP contribution in [0.1, 0.15) is 22.7 Å². The van der Waals surface area contributed by atoms with Crippen LogP contribution in [0.3, 0.4) is 0 Å². The van der Waals surface area contributed by atoms with Crippen LogP contribution in [-0.2, 0) is 11.2 Å². The number of benzene rings is 2. The van der Waals surface area contributed by atoms with Crippen molar-refractivity contribution in [2.45, 2.75) is 19.4 Å². The summed E-state index contributed by atoms with van der Waals surface area (Å²) in [7, 11) is 0. The maximum atomic E-state index is 12.0. The molecule has 0 aliphatic rings. The van der Waals surface area contributed by atoms with E-state index in [0.717, 1.165) is 12.0 Å². The number of carbonyl (C=O) groups excluding carboxylic acids is 1. The lowest BCUT2D eigenvalue weighted by atomic mass is 10.1. The van der Waals surface area contributed by atoms with Gasteiger partial charge in [-0.3, -0.25) is 4.79 Å². The summed E-state index contributed by atoms with van der Waals surface area (Å²) in [4.78, 5) is 12.0. The molecule has 0 unspecified atom stereocenters. The quantitative estimate of drug-likeness (QED) is 0.874. The zero-order chi connectivity index (χ0) is 14.4. The lowest BCUT2D eigenvalue weighted by Gasteiger charge is -2.13. The third kappa shape index (κ3) is 3.68. The average molecular weight is 268 g/mol. The molecular formula is C17H20N2O. The molecular weight excluding hydrogens is 248 g/mol. The molecule has 3 heteroatoms. The van der Waals surface area contributed by atoms with Crippen molar-refractivity contribution in [3.05, 3.63) is 71.3 Å². The Kier molecular flexibility index (Phi) is 4.91. The first-order valence-corrected chi connectivity index (χ1v) is 6.81. The summed E-state index contributed by atoms with van der Waals surface area (Å²) in [5, 5.41) is 2.89. The highest BCUT2D eigenvalue weighted by Gasteiger charge is 2.14. The Balaban J connectivity index is 1.85. The van der Waals surface area contributed by atoms with Gasteiger partial charge >= 0.3 is 0 Å². The van der Waals surface area contributed by atoms with Crippen LogP contribution in [0.15, 0.2) is 54.6 Å². The van der Waals surface area contributed by atoms with Gasteiger partial charge in [-0.15, -0.1) is 0 Å². The first-order valence-electron chi connectivity index (χ1n) is 6.81. The molecule has 0 aromatic heterocycles. The van der Waals surface area contributed by atoms with Gasteiger partial charge in [0, 0.05) is 6.54 Å². The first-order chi connectivity index (χ1) is 9.68. The molecule has 0 saturated carbocycles. The summed E-state index contributed by atoms with van der Waals surface area (Å²) < 4.78 is 0. The highest BCUT2D eigenvalue weighted by atomic mass is 16.2. The fraction of sp³-hybridized carbons (Fsp3) is 0.235. The maximum Gasteiger partial charge on any atom is 0.241 e. The highest BCUT2D eigenvalue weighted by Crippen LogP contribution is 2.10. The Morgan fingerprint density at radius 2 is 1.75 bits per heavy atom. The van der Waals surface area contributed by atoms with Crippen molar-refractivity contribution in [1.82, 2.24) is 5.32 Å². The maximum absolute atomic E-state index is 12.0. The first kappa shape index (κ1) is 14.3. The molecule has 0 heterocycles. The average Bonchev–Trinajstić information content (AvgIpc) is 2.49. The van der Waals surface area contributed by atoms with E-state index in [2.05, 4.69) is 24.4 Å². The van der Waals surface area contributed by atoms with Crippen LogP contribution in [-0.4, -0.2) is 12.5 Å². The SMILES string of the molecule is Cc1ccccc1CCNC(=O)[C@@H](N)c1ccccc1. The Bertz CT molecular complexity index is 566. The molecule has 0 bridgehead atoms. The normalized spacial score (nSPS) is 11.9. The van der Waals surface area contributed by atoms with Gasteiger partial charge in [-0.2, -0.15) is 0 Å². The number of rotatable bonds is 5. The van der Waals surface area contributed by atoms with E-state index in [1.165, 1.54) is 11.1 Å². The van der Waals surface area contributed by atoms with Crippen LogP contribution in [0, 0.1) is 6.92 Å². The predicted octanol–water partition coefficient (Wildman–Crippen LogP) is 2.35. The summed E-state index contributed by atoms with van der Waals surface area (Å²) in [6.07, 6.45) is 0.819. The third-order valence-electron chi connectivity index (χ3n) is 3.40.